The Kier molecular flexibility index (Phi) is 3.47. The summed E-state index contributed by atoms with van der Waals surface area (Å²) in [5.41, 5.74) is 2.11. The van der Waals surface area contributed by atoms with Crippen molar-refractivity contribution in [3.8, 4) is 0 Å². The Hall–Kier alpha value is -2.95. The molecule has 0 amide bonds. The minimum atomic E-state index is -0.560. The Labute approximate surface area is 127 Å². The lowest BCUT2D eigenvalue weighted by Gasteiger charge is -2.04. The van der Waals surface area contributed by atoms with E-state index < -0.39 is 10.9 Å². The molecule has 2 aromatic carbocycles. The van der Waals surface area contributed by atoms with E-state index in [0.29, 0.717) is 16.7 Å². The first-order chi connectivity index (χ1) is 10.6. The number of ether oxygens (including phenoxy) is 1. The van der Waals surface area contributed by atoms with Crippen LogP contribution in [0.4, 0.5) is 0 Å². The molecule has 5 heteroatoms. The molecule has 5 nitrogen and oxygen atoms in total. The van der Waals surface area contributed by atoms with Gasteiger partial charge in [-0.3, -0.25) is 10.1 Å². The number of fused-ring (bicyclic) bond motifs is 1. The molecule has 0 aliphatic carbocycles. The summed E-state index contributed by atoms with van der Waals surface area (Å²) in [6, 6.07) is 13.7. The van der Waals surface area contributed by atoms with Gasteiger partial charge in [0.15, 0.2) is 0 Å². The zero-order valence-electron chi connectivity index (χ0n) is 11.9. The summed E-state index contributed by atoms with van der Waals surface area (Å²) in [7, 11) is 0. The van der Waals surface area contributed by atoms with E-state index in [-0.39, 0.29) is 11.5 Å². The Balaban J connectivity index is 2.19. The average molecular weight is 295 g/mol. The van der Waals surface area contributed by atoms with Gasteiger partial charge in [0.1, 0.15) is 0 Å². The van der Waals surface area contributed by atoms with E-state index >= 15 is 0 Å². The monoisotopic (exact) mass is 295 g/mol. The van der Waals surface area contributed by atoms with Gasteiger partial charge >= 0.3 is 11.7 Å². The second-order valence-corrected chi connectivity index (χ2v) is 4.92. The van der Waals surface area contributed by atoms with Gasteiger partial charge in [0.25, 0.3) is 0 Å². The van der Waals surface area contributed by atoms with Crippen molar-refractivity contribution in [2.24, 2.45) is 0 Å². The molecule has 0 spiro atoms. The molecule has 1 aliphatic heterocycles. The van der Waals surface area contributed by atoms with Crippen LogP contribution >= 0.6 is 0 Å². The van der Waals surface area contributed by atoms with E-state index in [2.05, 4.69) is 0 Å². The van der Waals surface area contributed by atoms with Crippen molar-refractivity contribution < 1.29 is 14.5 Å². The predicted octanol–water partition coefficient (Wildman–Crippen LogP) is 3.52. The molecule has 1 aliphatic rings. The summed E-state index contributed by atoms with van der Waals surface area (Å²) < 4.78 is 5.17. The average Bonchev–Trinajstić information content (AvgIpc) is 2.85. The third kappa shape index (κ3) is 2.26. The third-order valence-corrected chi connectivity index (χ3v) is 3.62. The summed E-state index contributed by atoms with van der Waals surface area (Å²) in [5, 5.41) is 11.5. The number of carbonyl (C=O) groups excluding carboxylic acids is 1. The SMILES string of the molecule is CCc1ccc(/C(=C2/OC(=O)c3ccccc32)[N+](=O)[O-])cc1. The molecule has 0 fully saturated rings. The molecule has 0 aromatic heterocycles. The highest BCUT2D eigenvalue weighted by Gasteiger charge is 2.34. The second kappa shape index (κ2) is 5.44. The minimum absolute atomic E-state index is 0.00912. The normalized spacial score (nSPS) is 15.2. The van der Waals surface area contributed by atoms with Crippen LogP contribution in [-0.2, 0) is 11.2 Å². The first kappa shape index (κ1) is 14.0. The maximum atomic E-state index is 11.9. The first-order valence-electron chi connectivity index (χ1n) is 6.91. The van der Waals surface area contributed by atoms with E-state index in [4.69, 9.17) is 4.74 Å². The largest absolute Gasteiger partial charge is 0.415 e. The Morgan fingerprint density at radius 2 is 1.73 bits per heavy atom. The number of aryl methyl sites for hydroxylation is 1. The lowest BCUT2D eigenvalue weighted by molar-refractivity contribution is -0.375. The van der Waals surface area contributed by atoms with Crippen LogP contribution in [0, 0.1) is 10.1 Å². The van der Waals surface area contributed by atoms with Gasteiger partial charge in [-0.2, -0.15) is 0 Å². The van der Waals surface area contributed by atoms with Crippen LogP contribution in [0.2, 0.25) is 0 Å². The van der Waals surface area contributed by atoms with Crippen LogP contribution in [0.3, 0.4) is 0 Å². The molecule has 0 bridgehead atoms. The summed E-state index contributed by atoms with van der Waals surface area (Å²) in [6.07, 6.45) is 0.850. The molecular formula is C17H13NO4. The summed E-state index contributed by atoms with van der Waals surface area (Å²) in [6.45, 7) is 2.01. The molecule has 110 valence electrons. The van der Waals surface area contributed by atoms with E-state index in [9.17, 15) is 14.9 Å². The van der Waals surface area contributed by atoms with Gasteiger partial charge in [-0.15, -0.1) is 0 Å². The first-order valence-corrected chi connectivity index (χ1v) is 6.91. The number of rotatable bonds is 3. The molecule has 0 unspecified atom stereocenters. The molecule has 0 radical (unpaired) electrons. The number of hydrogen-bond donors (Lipinski definition) is 0. The van der Waals surface area contributed by atoms with Gasteiger partial charge in [0, 0.05) is 5.56 Å². The topological polar surface area (TPSA) is 69.4 Å². The highest BCUT2D eigenvalue weighted by molar-refractivity contribution is 6.06. The van der Waals surface area contributed by atoms with Gasteiger partial charge in [0.05, 0.1) is 16.1 Å². The summed E-state index contributed by atoms with van der Waals surface area (Å²) in [5.74, 6) is -0.551. The molecule has 0 saturated carbocycles. The molecule has 0 N–H and O–H groups in total. The smallest absolute Gasteiger partial charge is 0.344 e. The van der Waals surface area contributed by atoms with Crippen molar-refractivity contribution in [1.82, 2.24) is 0 Å². The molecule has 3 rings (SSSR count). The predicted molar refractivity (Wildman–Crippen MR) is 81.5 cm³/mol. The Bertz CT molecular complexity index is 791. The second-order valence-electron chi connectivity index (χ2n) is 4.92. The van der Waals surface area contributed by atoms with Crippen LogP contribution in [0.15, 0.2) is 48.5 Å². The van der Waals surface area contributed by atoms with Crippen LogP contribution in [0.25, 0.3) is 11.5 Å². The minimum Gasteiger partial charge on any atom is -0.415 e. The van der Waals surface area contributed by atoms with Gasteiger partial charge in [-0.05, 0) is 30.2 Å². The molecule has 1 heterocycles. The molecule has 0 atom stereocenters. The Morgan fingerprint density at radius 1 is 1.09 bits per heavy atom. The van der Waals surface area contributed by atoms with E-state index in [0.717, 1.165) is 12.0 Å². The third-order valence-electron chi connectivity index (χ3n) is 3.62. The fourth-order valence-electron chi connectivity index (χ4n) is 2.46. The van der Waals surface area contributed by atoms with Crippen LogP contribution in [0.1, 0.15) is 34.0 Å². The van der Waals surface area contributed by atoms with E-state index in [1.54, 1.807) is 36.4 Å². The van der Waals surface area contributed by atoms with E-state index in [1.165, 1.54) is 0 Å². The number of esters is 1. The number of hydrogen-bond acceptors (Lipinski definition) is 4. The van der Waals surface area contributed by atoms with Gasteiger partial charge in [0.2, 0.25) is 5.76 Å². The highest BCUT2D eigenvalue weighted by atomic mass is 16.6. The van der Waals surface area contributed by atoms with Crippen molar-refractivity contribution in [3.05, 3.63) is 80.9 Å². The van der Waals surface area contributed by atoms with Crippen molar-refractivity contribution >= 4 is 17.4 Å². The lowest BCUT2D eigenvalue weighted by Crippen LogP contribution is -2.03. The molecular weight excluding hydrogens is 282 g/mol. The van der Waals surface area contributed by atoms with Crippen molar-refractivity contribution in [2.45, 2.75) is 13.3 Å². The fourth-order valence-corrected chi connectivity index (χ4v) is 2.46. The van der Waals surface area contributed by atoms with Gasteiger partial charge in [-0.25, -0.2) is 4.79 Å². The maximum absolute atomic E-state index is 11.9. The zero-order valence-corrected chi connectivity index (χ0v) is 11.9. The number of nitro groups is 1. The van der Waals surface area contributed by atoms with Crippen molar-refractivity contribution in [2.75, 3.05) is 0 Å². The summed E-state index contributed by atoms with van der Waals surface area (Å²) in [4.78, 5) is 22.9. The van der Waals surface area contributed by atoms with Gasteiger partial charge < -0.3 is 4.74 Å². The lowest BCUT2D eigenvalue weighted by atomic mass is 10.0. The van der Waals surface area contributed by atoms with Crippen molar-refractivity contribution in [1.29, 1.82) is 0 Å². The number of nitrogens with zero attached hydrogens (tertiary/aromatic N) is 1. The van der Waals surface area contributed by atoms with Crippen LogP contribution < -0.4 is 0 Å². The number of benzene rings is 2. The van der Waals surface area contributed by atoms with Crippen LogP contribution in [0.5, 0.6) is 0 Å². The number of carbonyl (C=O) groups is 1. The summed E-state index contributed by atoms with van der Waals surface area (Å²) >= 11 is 0. The molecule has 2 aromatic rings. The number of cyclic esters (lactones) is 1. The van der Waals surface area contributed by atoms with E-state index in [1.807, 2.05) is 19.1 Å². The fraction of sp³-hybridized carbons (Fsp3) is 0.118. The zero-order chi connectivity index (χ0) is 15.7. The quantitative estimate of drug-likeness (QED) is 0.493. The van der Waals surface area contributed by atoms with Crippen LogP contribution in [-0.4, -0.2) is 10.9 Å². The molecule has 0 saturated heterocycles. The highest BCUT2D eigenvalue weighted by Crippen LogP contribution is 2.35. The standard InChI is InChI=1S/C17H13NO4/c1-2-11-7-9-12(10-8-11)15(18(20)21)16-13-5-3-4-6-14(13)17(19)22-16/h3-10H,2H2,1H3/b16-15-. The van der Waals surface area contributed by atoms with Crippen molar-refractivity contribution in [3.63, 3.8) is 0 Å². The maximum Gasteiger partial charge on any atom is 0.344 e. The molecule has 22 heavy (non-hydrogen) atoms. The van der Waals surface area contributed by atoms with Gasteiger partial charge in [-0.1, -0.05) is 37.3 Å². The Morgan fingerprint density at radius 3 is 2.32 bits per heavy atom.